The first kappa shape index (κ1) is 26.6. The maximum absolute atomic E-state index is 13.7. The van der Waals surface area contributed by atoms with Gasteiger partial charge in [0, 0.05) is 27.5 Å². The lowest BCUT2D eigenvalue weighted by Gasteiger charge is -2.10. The lowest BCUT2D eigenvalue weighted by molar-refractivity contribution is 0.627. The lowest BCUT2D eigenvalue weighted by Crippen LogP contribution is -2.00. The molecular weight excluding hydrogens is 564 g/mol. The van der Waals surface area contributed by atoms with E-state index in [9.17, 15) is 8.78 Å². The number of aromatic nitrogens is 3. The van der Waals surface area contributed by atoms with E-state index in [0.29, 0.717) is 28.6 Å². The Bertz CT molecular complexity index is 2280. The number of rotatable bonds is 5. The molecule has 0 unspecified atom stereocenters. The minimum absolute atomic E-state index is 0.347. The Hall–Kier alpha value is -6.01. The smallest absolute Gasteiger partial charge is 0.164 e. The van der Waals surface area contributed by atoms with Crippen molar-refractivity contribution in [2.75, 3.05) is 0 Å². The second-order valence-corrected chi connectivity index (χ2v) is 10.8. The van der Waals surface area contributed by atoms with Gasteiger partial charge in [-0.1, -0.05) is 60.7 Å². The summed E-state index contributed by atoms with van der Waals surface area (Å²) in [6.07, 6.45) is 0. The highest BCUT2D eigenvalue weighted by atomic mass is 19.1. The fourth-order valence-corrected chi connectivity index (χ4v) is 5.58. The molecule has 0 amide bonds. The van der Waals surface area contributed by atoms with E-state index in [1.165, 1.54) is 24.3 Å². The first-order valence-electron chi connectivity index (χ1n) is 14.5. The second kappa shape index (κ2) is 10.9. The Morgan fingerprint density at radius 3 is 1.40 bits per heavy atom. The third kappa shape index (κ3) is 5.12. The predicted molar refractivity (Wildman–Crippen MR) is 174 cm³/mol. The van der Waals surface area contributed by atoms with E-state index in [1.54, 1.807) is 24.3 Å². The van der Waals surface area contributed by atoms with Crippen molar-refractivity contribution >= 4 is 21.9 Å². The average molecular weight is 588 g/mol. The Morgan fingerprint density at radius 1 is 0.356 bits per heavy atom. The molecule has 8 aromatic rings. The van der Waals surface area contributed by atoms with Gasteiger partial charge in [0.05, 0.1) is 0 Å². The van der Waals surface area contributed by atoms with Crippen molar-refractivity contribution in [1.82, 2.24) is 15.0 Å². The lowest BCUT2D eigenvalue weighted by atomic mass is 9.97. The summed E-state index contributed by atoms with van der Waals surface area (Å²) in [4.78, 5) is 14.2. The van der Waals surface area contributed by atoms with Crippen LogP contribution < -0.4 is 0 Å². The van der Waals surface area contributed by atoms with Crippen molar-refractivity contribution in [3.8, 4) is 56.4 Å². The van der Waals surface area contributed by atoms with Gasteiger partial charge in [0.15, 0.2) is 17.5 Å². The van der Waals surface area contributed by atoms with Crippen LogP contribution in [0.1, 0.15) is 0 Å². The van der Waals surface area contributed by atoms with Crippen molar-refractivity contribution in [2.45, 2.75) is 0 Å². The molecule has 0 spiro atoms. The molecule has 0 N–H and O–H groups in total. The van der Waals surface area contributed by atoms with Crippen molar-refractivity contribution < 1.29 is 13.2 Å². The first-order valence-corrected chi connectivity index (χ1v) is 14.5. The molecule has 0 aliphatic rings. The van der Waals surface area contributed by atoms with Gasteiger partial charge >= 0.3 is 0 Å². The molecule has 2 heterocycles. The van der Waals surface area contributed by atoms with Crippen LogP contribution in [0.25, 0.3) is 78.4 Å². The summed E-state index contributed by atoms with van der Waals surface area (Å²) in [6, 6.07) is 42.8. The summed E-state index contributed by atoms with van der Waals surface area (Å²) in [5.41, 5.74) is 8.04. The van der Waals surface area contributed by atoms with Gasteiger partial charge in [-0.25, -0.2) is 23.7 Å². The molecule has 214 valence electrons. The Morgan fingerprint density at radius 2 is 0.800 bits per heavy atom. The molecule has 6 aromatic carbocycles. The van der Waals surface area contributed by atoms with E-state index in [2.05, 4.69) is 53.5 Å². The van der Waals surface area contributed by atoms with Crippen molar-refractivity contribution in [3.63, 3.8) is 0 Å². The van der Waals surface area contributed by atoms with Gasteiger partial charge < -0.3 is 4.42 Å². The number of hydrogen-bond donors (Lipinski definition) is 0. The molecular formula is C39H23F2N3O. The molecule has 0 saturated carbocycles. The maximum atomic E-state index is 13.7. The molecule has 0 atom stereocenters. The summed E-state index contributed by atoms with van der Waals surface area (Å²) < 4.78 is 33.4. The van der Waals surface area contributed by atoms with Gasteiger partial charge in [0.25, 0.3) is 0 Å². The maximum Gasteiger partial charge on any atom is 0.164 e. The standard InChI is InChI=1S/C39H23F2N3O/c40-31-16-11-24(12-17-31)37-42-38(25-13-18-32(41)19-14-25)44-39(43-37)30-8-4-7-28(22-30)26-5-3-6-27(21-26)29-15-20-36-34(23-29)33-9-1-2-10-35(33)45-36/h1-23H. The zero-order valence-corrected chi connectivity index (χ0v) is 23.8. The Balaban J connectivity index is 1.20. The molecule has 0 saturated heterocycles. The molecule has 8 rings (SSSR count). The van der Waals surface area contributed by atoms with E-state index >= 15 is 0 Å². The molecule has 0 aliphatic heterocycles. The van der Waals surface area contributed by atoms with Gasteiger partial charge in [-0.3, -0.25) is 0 Å². The second-order valence-electron chi connectivity index (χ2n) is 10.8. The van der Waals surface area contributed by atoms with Crippen LogP contribution in [0, 0.1) is 11.6 Å². The molecule has 45 heavy (non-hydrogen) atoms. The summed E-state index contributed by atoms with van der Waals surface area (Å²) in [7, 11) is 0. The topological polar surface area (TPSA) is 51.8 Å². The van der Waals surface area contributed by atoms with Crippen molar-refractivity contribution in [3.05, 3.63) is 151 Å². The fraction of sp³-hybridized carbons (Fsp3) is 0. The third-order valence-corrected chi connectivity index (χ3v) is 7.87. The quantitative estimate of drug-likeness (QED) is 0.201. The normalized spacial score (nSPS) is 11.3. The predicted octanol–water partition coefficient (Wildman–Crippen LogP) is 10.4. The highest BCUT2D eigenvalue weighted by Gasteiger charge is 2.14. The zero-order chi connectivity index (χ0) is 30.3. The number of halogens is 2. The summed E-state index contributed by atoms with van der Waals surface area (Å²) in [6.45, 7) is 0. The van der Waals surface area contributed by atoms with E-state index in [4.69, 9.17) is 14.4 Å². The number of fused-ring (bicyclic) bond motifs is 3. The molecule has 0 fully saturated rings. The highest BCUT2D eigenvalue weighted by Crippen LogP contribution is 2.34. The molecule has 4 nitrogen and oxygen atoms in total. The minimum Gasteiger partial charge on any atom is -0.456 e. The monoisotopic (exact) mass is 587 g/mol. The number of benzene rings is 6. The Kier molecular flexibility index (Phi) is 6.46. The largest absolute Gasteiger partial charge is 0.456 e. The van der Waals surface area contributed by atoms with Crippen LogP contribution >= 0.6 is 0 Å². The highest BCUT2D eigenvalue weighted by molar-refractivity contribution is 6.06. The third-order valence-electron chi connectivity index (χ3n) is 7.87. The van der Waals surface area contributed by atoms with Crippen LogP contribution in [0.5, 0.6) is 0 Å². The molecule has 6 heteroatoms. The summed E-state index contributed by atoms with van der Waals surface area (Å²) in [5, 5.41) is 2.18. The molecule has 2 aromatic heterocycles. The van der Waals surface area contributed by atoms with Crippen LogP contribution in [-0.4, -0.2) is 15.0 Å². The Labute approximate surface area is 257 Å². The van der Waals surface area contributed by atoms with E-state index in [1.807, 2.05) is 42.5 Å². The van der Waals surface area contributed by atoms with Crippen molar-refractivity contribution in [1.29, 1.82) is 0 Å². The number of nitrogens with zero attached hydrogens (tertiary/aromatic N) is 3. The van der Waals surface area contributed by atoms with Crippen LogP contribution in [0.3, 0.4) is 0 Å². The molecule has 0 bridgehead atoms. The van der Waals surface area contributed by atoms with Crippen molar-refractivity contribution in [2.24, 2.45) is 0 Å². The number of furan rings is 1. The van der Waals surface area contributed by atoms with Gasteiger partial charge in [-0.15, -0.1) is 0 Å². The SMILES string of the molecule is Fc1ccc(-c2nc(-c3ccc(F)cc3)nc(-c3cccc(-c4cccc(-c5ccc6oc7ccccc7c6c5)c4)c3)n2)cc1. The number of para-hydroxylation sites is 1. The van der Waals surface area contributed by atoms with Crippen LogP contribution in [0.4, 0.5) is 8.78 Å². The first-order chi connectivity index (χ1) is 22.1. The summed E-state index contributed by atoms with van der Waals surface area (Å²) in [5.74, 6) is 0.557. The summed E-state index contributed by atoms with van der Waals surface area (Å²) >= 11 is 0. The van der Waals surface area contributed by atoms with Crippen LogP contribution in [0.15, 0.2) is 144 Å². The van der Waals surface area contributed by atoms with Gasteiger partial charge in [0.2, 0.25) is 0 Å². The van der Waals surface area contributed by atoms with Gasteiger partial charge in [0.1, 0.15) is 22.8 Å². The molecule has 0 aliphatic carbocycles. The fourth-order valence-electron chi connectivity index (χ4n) is 5.58. The van der Waals surface area contributed by atoms with Gasteiger partial charge in [-0.05, 0) is 101 Å². The number of hydrogen-bond acceptors (Lipinski definition) is 4. The van der Waals surface area contributed by atoms with E-state index < -0.39 is 0 Å². The van der Waals surface area contributed by atoms with Crippen LogP contribution in [0.2, 0.25) is 0 Å². The van der Waals surface area contributed by atoms with Crippen LogP contribution in [-0.2, 0) is 0 Å². The van der Waals surface area contributed by atoms with E-state index in [0.717, 1.165) is 49.8 Å². The van der Waals surface area contributed by atoms with Gasteiger partial charge in [-0.2, -0.15) is 0 Å². The average Bonchev–Trinajstić information content (AvgIpc) is 3.47. The molecule has 0 radical (unpaired) electrons. The minimum atomic E-state index is -0.347. The van der Waals surface area contributed by atoms with E-state index in [-0.39, 0.29) is 11.6 Å². The zero-order valence-electron chi connectivity index (χ0n) is 23.8.